The molecule has 0 unspecified atom stereocenters. The molecule has 4 rings (SSSR count). The van der Waals surface area contributed by atoms with Gasteiger partial charge in [0.1, 0.15) is 5.82 Å². The van der Waals surface area contributed by atoms with E-state index in [0.717, 1.165) is 16.8 Å². The summed E-state index contributed by atoms with van der Waals surface area (Å²) in [4.78, 5) is 12.4. The van der Waals surface area contributed by atoms with Crippen molar-refractivity contribution in [1.29, 1.82) is 0 Å². The Morgan fingerprint density at radius 1 is 1.06 bits per heavy atom. The Balaban J connectivity index is 1.54. The quantitative estimate of drug-likeness (QED) is 0.194. The maximum absolute atomic E-state index is 13.3. The zero-order valence-corrected chi connectivity index (χ0v) is 21.5. The molecule has 0 aliphatic carbocycles. The summed E-state index contributed by atoms with van der Waals surface area (Å²) < 4.78 is 15.2. The molecule has 36 heavy (non-hydrogen) atoms. The average Bonchev–Trinajstić information content (AvgIpc) is 3.27. The van der Waals surface area contributed by atoms with E-state index in [1.54, 1.807) is 12.1 Å². The Bertz CT molecular complexity index is 1370. The third-order valence-corrected chi connectivity index (χ3v) is 6.45. The first-order valence-electron chi connectivity index (χ1n) is 11.5. The SMILES string of the molecule is Cc1ccc(-n2c(SCC(=O)N/N=C/c3cccc(F)c3)nnc2-c2ccc(C(C)(C)C)cc2)cc1. The summed E-state index contributed by atoms with van der Waals surface area (Å²) in [7, 11) is 0. The van der Waals surface area contributed by atoms with E-state index >= 15 is 0 Å². The molecule has 0 spiro atoms. The molecule has 6 nitrogen and oxygen atoms in total. The molecule has 0 radical (unpaired) electrons. The van der Waals surface area contributed by atoms with Crippen LogP contribution in [0.15, 0.2) is 83.1 Å². The van der Waals surface area contributed by atoms with Crippen molar-refractivity contribution in [2.24, 2.45) is 5.10 Å². The minimum Gasteiger partial charge on any atom is -0.272 e. The predicted molar refractivity (Wildman–Crippen MR) is 143 cm³/mol. The van der Waals surface area contributed by atoms with Gasteiger partial charge in [-0.05, 0) is 47.7 Å². The molecule has 0 saturated heterocycles. The number of hydrogen-bond donors (Lipinski definition) is 1. The second kappa shape index (κ2) is 10.9. The Morgan fingerprint density at radius 3 is 2.44 bits per heavy atom. The van der Waals surface area contributed by atoms with E-state index in [9.17, 15) is 9.18 Å². The summed E-state index contributed by atoms with van der Waals surface area (Å²) in [6.07, 6.45) is 1.40. The molecule has 8 heteroatoms. The van der Waals surface area contributed by atoms with Gasteiger partial charge in [-0.25, -0.2) is 9.82 Å². The molecule has 184 valence electrons. The van der Waals surface area contributed by atoms with Gasteiger partial charge in [-0.1, -0.05) is 86.6 Å². The zero-order chi connectivity index (χ0) is 25.7. The van der Waals surface area contributed by atoms with Gasteiger partial charge in [0.2, 0.25) is 0 Å². The third-order valence-electron chi connectivity index (χ3n) is 5.52. The maximum Gasteiger partial charge on any atom is 0.250 e. The van der Waals surface area contributed by atoms with Crippen LogP contribution in [0.5, 0.6) is 0 Å². The van der Waals surface area contributed by atoms with Crippen LogP contribution in [0.2, 0.25) is 0 Å². The van der Waals surface area contributed by atoms with Gasteiger partial charge in [-0.15, -0.1) is 10.2 Å². The average molecular weight is 502 g/mol. The number of halogens is 1. The summed E-state index contributed by atoms with van der Waals surface area (Å²) in [5.41, 5.74) is 7.31. The molecule has 1 aromatic heterocycles. The maximum atomic E-state index is 13.3. The number of amides is 1. The topological polar surface area (TPSA) is 72.2 Å². The molecule has 1 heterocycles. The monoisotopic (exact) mass is 501 g/mol. The summed E-state index contributed by atoms with van der Waals surface area (Å²) in [6, 6.07) is 22.4. The molecule has 3 aromatic carbocycles. The van der Waals surface area contributed by atoms with Gasteiger partial charge in [-0.2, -0.15) is 5.10 Å². The first kappa shape index (κ1) is 25.3. The van der Waals surface area contributed by atoms with Crippen molar-refractivity contribution in [3.8, 4) is 17.1 Å². The number of hydrogen-bond acceptors (Lipinski definition) is 5. The van der Waals surface area contributed by atoms with Gasteiger partial charge in [0.25, 0.3) is 5.91 Å². The Labute approximate surface area is 214 Å². The number of hydrazone groups is 1. The van der Waals surface area contributed by atoms with Crippen LogP contribution in [0.4, 0.5) is 4.39 Å². The van der Waals surface area contributed by atoms with Crippen molar-refractivity contribution in [1.82, 2.24) is 20.2 Å². The lowest BCUT2D eigenvalue weighted by Gasteiger charge is -2.19. The van der Waals surface area contributed by atoms with E-state index in [1.165, 1.54) is 35.7 Å². The van der Waals surface area contributed by atoms with Crippen molar-refractivity contribution >= 4 is 23.9 Å². The molecule has 1 amide bonds. The van der Waals surface area contributed by atoms with Crippen LogP contribution in [0.25, 0.3) is 17.1 Å². The minimum atomic E-state index is -0.361. The van der Waals surface area contributed by atoms with Gasteiger partial charge >= 0.3 is 0 Å². The number of rotatable bonds is 7. The van der Waals surface area contributed by atoms with Gasteiger partial charge < -0.3 is 0 Å². The molecule has 0 aliphatic rings. The number of thioether (sulfide) groups is 1. The fourth-order valence-electron chi connectivity index (χ4n) is 3.52. The Kier molecular flexibility index (Phi) is 7.64. The van der Waals surface area contributed by atoms with E-state index in [2.05, 4.69) is 65.8 Å². The van der Waals surface area contributed by atoms with E-state index < -0.39 is 0 Å². The lowest BCUT2D eigenvalue weighted by atomic mass is 9.87. The van der Waals surface area contributed by atoms with Gasteiger partial charge in [0, 0.05) is 11.3 Å². The highest BCUT2D eigenvalue weighted by Crippen LogP contribution is 2.30. The van der Waals surface area contributed by atoms with E-state index in [-0.39, 0.29) is 22.9 Å². The molecule has 0 saturated carbocycles. The van der Waals surface area contributed by atoms with Crippen molar-refractivity contribution in [3.05, 3.63) is 95.3 Å². The van der Waals surface area contributed by atoms with Crippen molar-refractivity contribution in [2.75, 3.05) is 5.75 Å². The van der Waals surface area contributed by atoms with Crippen LogP contribution >= 0.6 is 11.8 Å². The normalized spacial score (nSPS) is 11.7. The summed E-state index contributed by atoms with van der Waals surface area (Å²) >= 11 is 1.27. The fraction of sp³-hybridized carbons (Fsp3) is 0.214. The first-order valence-corrected chi connectivity index (χ1v) is 12.5. The van der Waals surface area contributed by atoms with Crippen molar-refractivity contribution in [2.45, 2.75) is 38.3 Å². The van der Waals surface area contributed by atoms with Crippen molar-refractivity contribution in [3.63, 3.8) is 0 Å². The van der Waals surface area contributed by atoms with Crippen LogP contribution in [0, 0.1) is 12.7 Å². The van der Waals surface area contributed by atoms with Gasteiger partial charge in [-0.3, -0.25) is 9.36 Å². The summed E-state index contributed by atoms with van der Waals surface area (Å²) in [5, 5.41) is 13.4. The van der Waals surface area contributed by atoms with E-state index in [1.807, 2.05) is 35.8 Å². The third kappa shape index (κ3) is 6.26. The van der Waals surface area contributed by atoms with Gasteiger partial charge in [0.05, 0.1) is 12.0 Å². The largest absolute Gasteiger partial charge is 0.272 e. The van der Waals surface area contributed by atoms with Crippen LogP contribution in [0.1, 0.15) is 37.5 Å². The lowest BCUT2D eigenvalue weighted by Crippen LogP contribution is -2.20. The molecule has 4 aromatic rings. The smallest absolute Gasteiger partial charge is 0.250 e. The van der Waals surface area contributed by atoms with Crippen LogP contribution in [-0.4, -0.2) is 32.6 Å². The molecule has 1 N–H and O–H groups in total. The second-order valence-corrected chi connectivity index (χ2v) is 10.4. The first-order chi connectivity index (χ1) is 17.2. The van der Waals surface area contributed by atoms with E-state index in [0.29, 0.717) is 16.5 Å². The number of benzene rings is 3. The molecule has 0 atom stereocenters. The summed E-state index contributed by atoms with van der Waals surface area (Å²) in [6.45, 7) is 8.57. The highest BCUT2D eigenvalue weighted by molar-refractivity contribution is 7.99. The molecule has 0 aliphatic heterocycles. The number of nitrogens with one attached hydrogen (secondary N) is 1. The molecular formula is C28H28FN5OS. The standard InChI is InChI=1S/C28H28FN5OS/c1-19-8-14-24(15-9-19)34-26(21-10-12-22(13-11-21)28(2,3)4)32-33-27(34)36-18-25(35)31-30-17-20-6-5-7-23(29)16-20/h5-17H,18H2,1-4H3,(H,31,35)/b30-17+. The molecule has 0 fully saturated rings. The Morgan fingerprint density at radius 2 is 1.78 bits per heavy atom. The number of aromatic nitrogens is 3. The van der Waals surface area contributed by atoms with Crippen molar-refractivity contribution < 1.29 is 9.18 Å². The predicted octanol–water partition coefficient (Wildman–Crippen LogP) is 5.92. The number of nitrogens with zero attached hydrogens (tertiary/aromatic N) is 4. The minimum absolute atomic E-state index is 0.0503. The molecule has 0 bridgehead atoms. The zero-order valence-electron chi connectivity index (χ0n) is 20.7. The highest BCUT2D eigenvalue weighted by Gasteiger charge is 2.19. The molecular weight excluding hydrogens is 473 g/mol. The second-order valence-electron chi connectivity index (χ2n) is 9.44. The Hall–Kier alpha value is -3.78. The fourth-order valence-corrected chi connectivity index (χ4v) is 4.27. The number of carbonyl (C=O) groups is 1. The van der Waals surface area contributed by atoms with Gasteiger partial charge in [0.15, 0.2) is 11.0 Å². The van der Waals surface area contributed by atoms with E-state index in [4.69, 9.17) is 0 Å². The number of carbonyl (C=O) groups excluding carboxylic acids is 1. The van der Waals surface area contributed by atoms with Crippen LogP contribution in [0.3, 0.4) is 0 Å². The lowest BCUT2D eigenvalue weighted by molar-refractivity contribution is -0.118. The number of aryl methyl sites for hydroxylation is 1. The van der Waals surface area contributed by atoms with Crippen LogP contribution < -0.4 is 5.43 Å². The summed E-state index contributed by atoms with van der Waals surface area (Å²) in [5.74, 6) is 0.127. The van der Waals surface area contributed by atoms with Crippen LogP contribution in [-0.2, 0) is 10.2 Å². The highest BCUT2D eigenvalue weighted by atomic mass is 32.2.